The predicted octanol–water partition coefficient (Wildman–Crippen LogP) is 2.11. The van der Waals surface area contributed by atoms with Crippen LogP contribution in [-0.2, 0) is 4.79 Å². The van der Waals surface area contributed by atoms with E-state index in [2.05, 4.69) is 10.3 Å². The molecule has 18 heavy (non-hydrogen) atoms. The number of carbonyl (C=O) groups excluding carboxylic acids is 1. The monoisotopic (exact) mass is 241 g/mol. The lowest BCUT2D eigenvalue weighted by atomic mass is 10.0. The van der Waals surface area contributed by atoms with Gasteiger partial charge in [0.2, 0.25) is 5.91 Å². The number of benzene rings is 1. The average Bonchev–Trinajstić information content (AvgIpc) is 2.40. The normalized spacial score (nSPS) is 11.8. The van der Waals surface area contributed by atoms with Crippen molar-refractivity contribution in [2.45, 2.75) is 12.5 Å². The van der Waals surface area contributed by atoms with E-state index in [1.54, 1.807) is 18.3 Å². The Hall–Kier alpha value is -2.20. The van der Waals surface area contributed by atoms with E-state index in [0.29, 0.717) is 5.82 Å². The zero-order valence-electron chi connectivity index (χ0n) is 9.91. The van der Waals surface area contributed by atoms with Crippen molar-refractivity contribution < 1.29 is 4.79 Å². The molecule has 3 N–H and O–H groups in total. The molecule has 0 bridgehead atoms. The maximum atomic E-state index is 11.8. The molecule has 0 aliphatic carbocycles. The summed E-state index contributed by atoms with van der Waals surface area (Å²) in [7, 11) is 0. The predicted molar refractivity (Wildman–Crippen MR) is 70.9 cm³/mol. The van der Waals surface area contributed by atoms with Gasteiger partial charge >= 0.3 is 0 Å². The smallest absolute Gasteiger partial charge is 0.227 e. The average molecular weight is 241 g/mol. The molecule has 2 aromatic rings. The number of carbonyl (C=O) groups is 1. The first kappa shape index (κ1) is 12.3. The van der Waals surface area contributed by atoms with Gasteiger partial charge in [0.05, 0.1) is 0 Å². The molecule has 2 rings (SSSR count). The third-order valence-corrected chi connectivity index (χ3v) is 2.57. The number of rotatable bonds is 4. The Morgan fingerprint density at radius 3 is 2.56 bits per heavy atom. The molecule has 1 amide bonds. The van der Waals surface area contributed by atoms with E-state index < -0.39 is 0 Å². The second kappa shape index (κ2) is 5.93. The van der Waals surface area contributed by atoms with Gasteiger partial charge in [0.15, 0.2) is 0 Å². The molecule has 92 valence electrons. The molecule has 0 saturated heterocycles. The van der Waals surface area contributed by atoms with Crippen molar-refractivity contribution in [3.05, 3.63) is 60.3 Å². The van der Waals surface area contributed by atoms with E-state index in [-0.39, 0.29) is 18.4 Å². The Kier molecular flexibility index (Phi) is 4.04. The summed E-state index contributed by atoms with van der Waals surface area (Å²) in [5.41, 5.74) is 6.92. The molecule has 0 radical (unpaired) electrons. The van der Waals surface area contributed by atoms with Crippen LogP contribution in [0.1, 0.15) is 18.0 Å². The molecule has 1 atom stereocenters. The number of hydrogen-bond donors (Lipinski definition) is 2. The van der Waals surface area contributed by atoms with E-state index in [1.165, 1.54) is 0 Å². The molecule has 0 saturated carbocycles. The summed E-state index contributed by atoms with van der Waals surface area (Å²) in [6, 6.07) is 14.6. The second-order valence-corrected chi connectivity index (χ2v) is 3.98. The Bertz CT molecular complexity index is 499. The van der Waals surface area contributed by atoms with Crippen LogP contribution in [0.25, 0.3) is 0 Å². The highest BCUT2D eigenvalue weighted by atomic mass is 16.1. The van der Waals surface area contributed by atoms with Crippen LogP contribution >= 0.6 is 0 Å². The minimum absolute atomic E-state index is 0.134. The number of aromatic nitrogens is 1. The number of nitrogens with one attached hydrogen (secondary N) is 1. The van der Waals surface area contributed by atoms with Crippen LogP contribution in [-0.4, -0.2) is 10.9 Å². The van der Waals surface area contributed by atoms with Crippen molar-refractivity contribution in [1.82, 2.24) is 4.98 Å². The lowest BCUT2D eigenvalue weighted by Crippen LogP contribution is -2.20. The number of anilines is 1. The van der Waals surface area contributed by atoms with Crippen molar-refractivity contribution in [3.63, 3.8) is 0 Å². The van der Waals surface area contributed by atoms with Gasteiger partial charge in [-0.05, 0) is 17.7 Å². The maximum absolute atomic E-state index is 11.8. The highest BCUT2D eigenvalue weighted by Crippen LogP contribution is 2.14. The van der Waals surface area contributed by atoms with Crippen LogP contribution in [0.2, 0.25) is 0 Å². The molecule has 1 unspecified atom stereocenters. The minimum atomic E-state index is -0.296. The van der Waals surface area contributed by atoms with Crippen LogP contribution in [0.3, 0.4) is 0 Å². The zero-order valence-corrected chi connectivity index (χ0v) is 9.91. The first-order valence-corrected chi connectivity index (χ1v) is 5.77. The van der Waals surface area contributed by atoms with Gasteiger partial charge in [-0.2, -0.15) is 0 Å². The second-order valence-electron chi connectivity index (χ2n) is 3.98. The molecule has 1 aromatic heterocycles. The standard InChI is InChI=1S/C14H15N3O/c15-12(11-6-2-1-3-7-11)10-14(18)17-13-8-4-5-9-16-13/h1-9,12H,10,15H2,(H,16,17,18). The lowest BCUT2D eigenvalue weighted by Gasteiger charge is -2.11. The minimum Gasteiger partial charge on any atom is -0.324 e. The summed E-state index contributed by atoms with van der Waals surface area (Å²) in [6.07, 6.45) is 1.87. The molecule has 0 aliphatic rings. The molecule has 0 aliphatic heterocycles. The summed E-state index contributed by atoms with van der Waals surface area (Å²) in [5, 5.41) is 2.71. The van der Waals surface area contributed by atoms with Gasteiger partial charge in [-0.3, -0.25) is 4.79 Å². The van der Waals surface area contributed by atoms with Crippen LogP contribution in [0, 0.1) is 0 Å². The Morgan fingerprint density at radius 1 is 1.17 bits per heavy atom. The van der Waals surface area contributed by atoms with E-state index in [0.717, 1.165) is 5.56 Å². The van der Waals surface area contributed by atoms with Crippen molar-refractivity contribution in [1.29, 1.82) is 0 Å². The summed E-state index contributed by atoms with van der Waals surface area (Å²) >= 11 is 0. The fourth-order valence-corrected chi connectivity index (χ4v) is 1.65. The number of nitrogens with zero attached hydrogens (tertiary/aromatic N) is 1. The SMILES string of the molecule is NC(CC(=O)Nc1ccccn1)c1ccccc1. The summed E-state index contributed by atoms with van der Waals surface area (Å²) in [4.78, 5) is 15.8. The van der Waals surface area contributed by atoms with Crippen molar-refractivity contribution in [2.24, 2.45) is 5.73 Å². The number of hydrogen-bond acceptors (Lipinski definition) is 3. The fraction of sp³-hybridized carbons (Fsp3) is 0.143. The summed E-state index contributed by atoms with van der Waals surface area (Å²) in [5.74, 6) is 0.410. The highest BCUT2D eigenvalue weighted by Gasteiger charge is 2.11. The van der Waals surface area contributed by atoms with E-state index in [4.69, 9.17) is 5.73 Å². The van der Waals surface area contributed by atoms with Gasteiger partial charge in [-0.25, -0.2) is 4.98 Å². The molecule has 1 aromatic carbocycles. The molecular formula is C14H15N3O. The van der Waals surface area contributed by atoms with E-state index in [9.17, 15) is 4.79 Å². The fourth-order valence-electron chi connectivity index (χ4n) is 1.65. The summed E-state index contributed by atoms with van der Waals surface area (Å²) < 4.78 is 0. The van der Waals surface area contributed by atoms with Crippen LogP contribution in [0.15, 0.2) is 54.7 Å². The van der Waals surface area contributed by atoms with Gasteiger partial charge < -0.3 is 11.1 Å². The van der Waals surface area contributed by atoms with Gasteiger partial charge in [-0.15, -0.1) is 0 Å². The number of nitrogens with two attached hydrogens (primary N) is 1. The number of amides is 1. The topological polar surface area (TPSA) is 68.0 Å². The van der Waals surface area contributed by atoms with Crippen molar-refractivity contribution >= 4 is 11.7 Å². The third-order valence-electron chi connectivity index (χ3n) is 2.57. The summed E-state index contributed by atoms with van der Waals surface area (Å²) in [6.45, 7) is 0. The Labute approximate surface area is 106 Å². The number of pyridine rings is 1. The Morgan fingerprint density at radius 2 is 1.89 bits per heavy atom. The van der Waals surface area contributed by atoms with Crippen LogP contribution in [0.4, 0.5) is 5.82 Å². The Balaban J connectivity index is 1.92. The van der Waals surface area contributed by atoms with Crippen molar-refractivity contribution in [2.75, 3.05) is 5.32 Å². The van der Waals surface area contributed by atoms with Gasteiger partial charge in [0.1, 0.15) is 5.82 Å². The van der Waals surface area contributed by atoms with Crippen molar-refractivity contribution in [3.8, 4) is 0 Å². The lowest BCUT2D eigenvalue weighted by molar-refractivity contribution is -0.116. The van der Waals surface area contributed by atoms with E-state index >= 15 is 0 Å². The van der Waals surface area contributed by atoms with Crippen LogP contribution < -0.4 is 11.1 Å². The van der Waals surface area contributed by atoms with E-state index in [1.807, 2.05) is 36.4 Å². The van der Waals surface area contributed by atoms with Crippen LogP contribution in [0.5, 0.6) is 0 Å². The first-order valence-electron chi connectivity index (χ1n) is 5.77. The third kappa shape index (κ3) is 3.40. The quantitative estimate of drug-likeness (QED) is 0.861. The van der Waals surface area contributed by atoms with Gasteiger partial charge in [0, 0.05) is 18.7 Å². The molecule has 4 nitrogen and oxygen atoms in total. The first-order chi connectivity index (χ1) is 8.75. The largest absolute Gasteiger partial charge is 0.324 e. The molecule has 1 heterocycles. The molecule has 4 heteroatoms. The van der Waals surface area contributed by atoms with Gasteiger partial charge in [0.25, 0.3) is 0 Å². The zero-order chi connectivity index (χ0) is 12.8. The maximum Gasteiger partial charge on any atom is 0.227 e. The molecular weight excluding hydrogens is 226 g/mol. The van der Waals surface area contributed by atoms with Gasteiger partial charge in [-0.1, -0.05) is 36.4 Å². The molecule has 0 spiro atoms. The highest BCUT2D eigenvalue weighted by molar-refractivity contribution is 5.90. The molecule has 0 fully saturated rings.